The molecule has 2 nitrogen and oxygen atoms in total. The van der Waals surface area contributed by atoms with Crippen LogP contribution >= 0.6 is 22.6 Å². The Morgan fingerprint density at radius 1 is 1.33 bits per heavy atom. The second-order valence-corrected chi connectivity index (χ2v) is 5.46. The van der Waals surface area contributed by atoms with Gasteiger partial charge in [-0.2, -0.15) is 12.2 Å². The van der Waals surface area contributed by atoms with E-state index in [1.54, 1.807) is 6.08 Å². The summed E-state index contributed by atoms with van der Waals surface area (Å²) in [7, 11) is 0. The van der Waals surface area contributed by atoms with Crippen molar-refractivity contribution in [3.63, 3.8) is 0 Å². The van der Waals surface area contributed by atoms with Gasteiger partial charge in [0.25, 0.3) is 0 Å². The minimum absolute atomic E-state index is 0. The molecule has 107 valence electrons. The van der Waals surface area contributed by atoms with Gasteiger partial charge in [0.05, 0.1) is 0 Å². The molecule has 1 radical (unpaired) electrons. The van der Waals surface area contributed by atoms with Crippen LogP contribution < -0.4 is 4.74 Å². The van der Waals surface area contributed by atoms with Crippen LogP contribution in [0.3, 0.4) is 0 Å². The zero-order chi connectivity index (χ0) is 14.5. The number of halogens is 1. The second kappa shape index (κ2) is 8.91. The quantitative estimate of drug-likeness (QED) is 0.358. The summed E-state index contributed by atoms with van der Waals surface area (Å²) in [6, 6.07) is 8.02. The summed E-state index contributed by atoms with van der Waals surface area (Å²) in [4.78, 5) is 2.17. The normalized spacial score (nSPS) is 14.0. The molecular weight excluding hydrogens is 450 g/mol. The van der Waals surface area contributed by atoms with Crippen molar-refractivity contribution in [1.82, 2.24) is 4.90 Å². The maximum Gasteiger partial charge on any atom is 0.117 e. The maximum atomic E-state index is 5.50. The smallest absolute Gasteiger partial charge is 0.117 e. The van der Waals surface area contributed by atoms with E-state index in [0.29, 0.717) is 6.61 Å². The minimum atomic E-state index is 0. The molecule has 1 aliphatic heterocycles. The molecule has 1 aliphatic rings. The number of hydrogen-bond donors (Lipinski definition) is 0. The number of likely N-dealkylation sites (N-methyl/N-ethyl adjacent to an activating group) is 1. The van der Waals surface area contributed by atoms with Gasteiger partial charge in [0.1, 0.15) is 12.4 Å². The van der Waals surface area contributed by atoms with E-state index in [1.807, 2.05) is 30.3 Å². The van der Waals surface area contributed by atoms with E-state index in [9.17, 15) is 0 Å². The first-order valence-electron chi connectivity index (χ1n) is 6.47. The van der Waals surface area contributed by atoms with Crippen LogP contribution in [0.25, 0.3) is 5.70 Å². The number of rotatable bonds is 5. The fourth-order valence-electron chi connectivity index (χ4n) is 2.01. The van der Waals surface area contributed by atoms with E-state index >= 15 is 0 Å². The molecule has 4 heteroatoms. The van der Waals surface area contributed by atoms with E-state index in [1.165, 1.54) is 0 Å². The summed E-state index contributed by atoms with van der Waals surface area (Å²) in [5.74, 6) is 0.844. The van der Waals surface area contributed by atoms with Gasteiger partial charge >= 0.3 is 0 Å². The van der Waals surface area contributed by atoms with Crippen molar-refractivity contribution >= 4 is 28.3 Å². The Morgan fingerprint density at radius 2 is 2.00 bits per heavy atom. The third-order valence-corrected chi connectivity index (χ3v) is 3.95. The maximum absolute atomic E-state index is 5.50. The van der Waals surface area contributed by atoms with Crippen molar-refractivity contribution < 1.29 is 37.4 Å². The zero-order valence-corrected chi connectivity index (χ0v) is 17.1. The van der Waals surface area contributed by atoms with Crippen LogP contribution in [0, 0.1) is 6.08 Å². The average molecular weight is 467 g/mol. The Hall–Kier alpha value is -0.386. The molecule has 0 saturated carbocycles. The van der Waals surface area contributed by atoms with Crippen molar-refractivity contribution in [2.75, 3.05) is 13.2 Å². The molecule has 2 rings (SSSR count). The molecule has 0 aromatic heterocycles. The number of nitrogens with zero attached hydrogens (tertiary/aromatic N) is 1. The van der Waals surface area contributed by atoms with E-state index in [2.05, 4.69) is 53.6 Å². The summed E-state index contributed by atoms with van der Waals surface area (Å²) in [5.41, 5.74) is 3.18. The fraction of sp³-hybridized carbons (Fsp3) is 0.176. The number of benzene rings is 1. The minimum Gasteiger partial charge on any atom is -0.490 e. The molecule has 0 saturated heterocycles. The molecule has 1 aromatic rings. The Morgan fingerprint density at radius 3 is 2.57 bits per heavy atom. The average Bonchev–Trinajstić information content (AvgIpc) is 2.48. The summed E-state index contributed by atoms with van der Waals surface area (Å²) >= 11 is 2.29. The first-order chi connectivity index (χ1) is 9.67. The van der Waals surface area contributed by atoms with Gasteiger partial charge in [0.2, 0.25) is 0 Å². The molecule has 0 amide bonds. The largest absolute Gasteiger partial charge is 0.490 e. The third kappa shape index (κ3) is 4.54. The first-order valence-corrected chi connectivity index (χ1v) is 7.55. The molecular formula is C17H17INOY-. The van der Waals surface area contributed by atoms with E-state index in [-0.39, 0.29) is 32.7 Å². The number of hydrogen-bond acceptors (Lipinski definition) is 2. The summed E-state index contributed by atoms with van der Waals surface area (Å²) in [6.07, 6.45) is 7.05. The van der Waals surface area contributed by atoms with Crippen LogP contribution in [0.5, 0.6) is 5.75 Å². The van der Waals surface area contributed by atoms with Gasteiger partial charge in [-0.25, -0.2) is 0 Å². The Kier molecular flexibility index (Phi) is 7.92. The predicted molar refractivity (Wildman–Crippen MR) is 92.4 cm³/mol. The molecule has 0 atom stereocenters. The molecule has 1 heterocycles. The molecule has 0 bridgehead atoms. The van der Waals surface area contributed by atoms with Crippen LogP contribution in [0.1, 0.15) is 12.5 Å². The molecule has 0 N–H and O–H groups in total. The Balaban J connectivity index is 0.00000220. The molecule has 1 aromatic carbocycles. The van der Waals surface area contributed by atoms with E-state index in [0.717, 1.165) is 32.8 Å². The van der Waals surface area contributed by atoms with Crippen molar-refractivity contribution in [2.24, 2.45) is 0 Å². The van der Waals surface area contributed by atoms with Crippen molar-refractivity contribution in [1.29, 1.82) is 0 Å². The monoisotopic (exact) mass is 467 g/mol. The van der Waals surface area contributed by atoms with Crippen LogP contribution in [0.4, 0.5) is 0 Å². The molecule has 0 spiro atoms. The van der Waals surface area contributed by atoms with Crippen LogP contribution in [-0.2, 0) is 32.7 Å². The molecule has 0 unspecified atom stereocenters. The van der Waals surface area contributed by atoms with Gasteiger partial charge in [-0.05, 0) is 24.8 Å². The summed E-state index contributed by atoms with van der Waals surface area (Å²) in [5, 5.41) is 0. The third-order valence-electron chi connectivity index (χ3n) is 3.02. The van der Waals surface area contributed by atoms with Gasteiger partial charge in [0, 0.05) is 39.3 Å². The Bertz CT molecular complexity index is 575. The topological polar surface area (TPSA) is 12.5 Å². The van der Waals surface area contributed by atoms with Crippen LogP contribution in [0.2, 0.25) is 0 Å². The van der Waals surface area contributed by atoms with Crippen LogP contribution in [0.15, 0.2) is 58.9 Å². The standard InChI is InChI=1S/C17H17INO.Y/c1-4-12-20-15-8-6-14(7-9-15)17-11-10-16(18)13(3)19(17)5-2;/h4,6-10H,1,3,5,12H2,2H3;/q-1;. The number of ether oxygens (including phenoxy) is 1. The van der Waals surface area contributed by atoms with E-state index in [4.69, 9.17) is 4.74 Å². The zero-order valence-electron chi connectivity index (χ0n) is 12.1. The van der Waals surface area contributed by atoms with Gasteiger partial charge in [-0.15, -0.1) is 34.7 Å². The fourth-order valence-corrected chi connectivity index (χ4v) is 2.46. The second-order valence-electron chi connectivity index (χ2n) is 4.30. The predicted octanol–water partition coefficient (Wildman–Crippen LogP) is 4.56. The number of allylic oxidation sites excluding steroid dienone is 3. The van der Waals surface area contributed by atoms with E-state index < -0.39 is 0 Å². The SMILES string of the molecule is C=CCOc1ccc(C2=[C-]C=C(I)C(=C)N2CC)cc1.[Y]. The van der Waals surface area contributed by atoms with Crippen molar-refractivity contribution in [3.05, 3.63) is 70.5 Å². The van der Waals surface area contributed by atoms with Crippen molar-refractivity contribution in [3.8, 4) is 5.75 Å². The molecule has 0 aliphatic carbocycles. The summed E-state index contributed by atoms with van der Waals surface area (Å²) in [6.45, 7) is 11.3. The Labute approximate surface area is 165 Å². The summed E-state index contributed by atoms with van der Waals surface area (Å²) < 4.78 is 6.62. The van der Waals surface area contributed by atoms with Gasteiger partial charge in [0.15, 0.2) is 0 Å². The first kappa shape index (κ1) is 18.7. The van der Waals surface area contributed by atoms with Crippen LogP contribution in [-0.4, -0.2) is 18.1 Å². The molecule has 0 fully saturated rings. The van der Waals surface area contributed by atoms with Crippen molar-refractivity contribution in [2.45, 2.75) is 6.92 Å². The van der Waals surface area contributed by atoms with Gasteiger partial charge in [-0.3, -0.25) is 0 Å². The van der Waals surface area contributed by atoms with Gasteiger partial charge in [-0.1, -0.05) is 34.1 Å². The van der Waals surface area contributed by atoms with Gasteiger partial charge < -0.3 is 9.64 Å². The molecule has 21 heavy (non-hydrogen) atoms.